The molecular weight excluding hydrogens is 224 g/mol. The van der Waals surface area contributed by atoms with Crippen LogP contribution in [0.3, 0.4) is 0 Å². The zero-order valence-electron chi connectivity index (χ0n) is 10.3. The molecule has 0 spiro atoms. The van der Waals surface area contributed by atoms with E-state index in [0.29, 0.717) is 4.77 Å². The van der Waals surface area contributed by atoms with Crippen LogP contribution in [0.1, 0.15) is 38.6 Å². The molecule has 1 aromatic heterocycles. The Balaban J connectivity index is 3.17. The van der Waals surface area contributed by atoms with Gasteiger partial charge in [0.25, 0.3) is 0 Å². The smallest absolute Gasteiger partial charge is 0.244 e. The summed E-state index contributed by atoms with van der Waals surface area (Å²) in [5, 5.41) is 6.89. The van der Waals surface area contributed by atoms with E-state index in [-0.39, 0.29) is 17.9 Å². The summed E-state index contributed by atoms with van der Waals surface area (Å²) in [6.07, 6.45) is 0. The van der Waals surface area contributed by atoms with Gasteiger partial charge in [-0.25, -0.2) is 0 Å². The molecule has 0 bridgehead atoms. The first-order chi connectivity index (χ1) is 7.36. The Morgan fingerprint density at radius 1 is 1.44 bits per heavy atom. The van der Waals surface area contributed by atoms with E-state index in [1.807, 2.05) is 20.8 Å². The molecule has 1 unspecified atom stereocenters. The number of carbonyl (C=O) groups is 1. The molecule has 0 saturated carbocycles. The van der Waals surface area contributed by atoms with Crippen molar-refractivity contribution in [2.75, 3.05) is 14.1 Å². The Kier molecular flexibility index (Phi) is 3.85. The van der Waals surface area contributed by atoms with Gasteiger partial charge in [-0.1, -0.05) is 13.8 Å². The molecule has 1 rings (SSSR count). The molecular formula is C10H18N4OS. The fraction of sp³-hybridized carbons (Fsp3) is 0.700. The Morgan fingerprint density at radius 2 is 2.00 bits per heavy atom. The van der Waals surface area contributed by atoms with Gasteiger partial charge in [-0.2, -0.15) is 5.10 Å². The topological polar surface area (TPSA) is 53.9 Å². The number of rotatable bonds is 3. The molecule has 1 aromatic rings. The summed E-state index contributed by atoms with van der Waals surface area (Å²) in [7, 11) is 3.47. The summed E-state index contributed by atoms with van der Waals surface area (Å²) in [6.45, 7) is 5.88. The number of carbonyl (C=O) groups excluding carboxylic acids is 1. The highest BCUT2D eigenvalue weighted by atomic mass is 32.1. The second-order valence-corrected chi connectivity index (χ2v) is 4.71. The highest BCUT2D eigenvalue weighted by Gasteiger charge is 2.22. The SMILES string of the molecule is CC(C)c1n[nH]c(=S)n1C(C)C(=O)N(C)C. The van der Waals surface area contributed by atoms with Gasteiger partial charge < -0.3 is 4.90 Å². The maximum Gasteiger partial charge on any atom is 0.244 e. The number of hydrogen-bond acceptors (Lipinski definition) is 3. The summed E-state index contributed by atoms with van der Waals surface area (Å²) in [5.74, 6) is 1.05. The van der Waals surface area contributed by atoms with E-state index in [2.05, 4.69) is 10.2 Å². The number of nitrogens with zero attached hydrogens (tertiary/aromatic N) is 3. The fourth-order valence-corrected chi connectivity index (χ4v) is 1.88. The van der Waals surface area contributed by atoms with Crippen molar-refractivity contribution >= 4 is 18.1 Å². The van der Waals surface area contributed by atoms with Gasteiger partial charge in [0.2, 0.25) is 5.91 Å². The van der Waals surface area contributed by atoms with Crippen LogP contribution in [-0.2, 0) is 4.79 Å². The van der Waals surface area contributed by atoms with Crippen LogP contribution in [0.5, 0.6) is 0 Å². The van der Waals surface area contributed by atoms with Gasteiger partial charge in [0.05, 0.1) is 0 Å². The standard InChI is InChI=1S/C10H18N4OS/c1-6(2)8-11-12-10(16)14(8)7(3)9(15)13(4)5/h6-7H,1-5H3,(H,12,16). The van der Waals surface area contributed by atoms with E-state index in [4.69, 9.17) is 12.2 Å². The lowest BCUT2D eigenvalue weighted by Gasteiger charge is -2.20. The van der Waals surface area contributed by atoms with Crippen molar-refractivity contribution in [1.29, 1.82) is 0 Å². The minimum absolute atomic E-state index is 0.0133. The van der Waals surface area contributed by atoms with Crippen LogP contribution in [0.25, 0.3) is 0 Å². The molecule has 6 heteroatoms. The van der Waals surface area contributed by atoms with E-state index < -0.39 is 0 Å². The number of nitrogens with one attached hydrogen (secondary N) is 1. The van der Waals surface area contributed by atoms with Gasteiger partial charge in [-0.3, -0.25) is 14.5 Å². The van der Waals surface area contributed by atoms with Crippen LogP contribution in [0.2, 0.25) is 0 Å². The third-order valence-electron chi connectivity index (χ3n) is 2.43. The zero-order chi connectivity index (χ0) is 12.5. The van der Waals surface area contributed by atoms with Gasteiger partial charge in [-0.05, 0) is 19.1 Å². The number of aromatic nitrogens is 3. The minimum Gasteiger partial charge on any atom is -0.347 e. The normalized spacial score (nSPS) is 12.9. The summed E-state index contributed by atoms with van der Waals surface area (Å²) < 4.78 is 2.27. The van der Waals surface area contributed by atoms with E-state index in [0.717, 1.165) is 5.82 Å². The molecule has 1 amide bonds. The van der Waals surface area contributed by atoms with Gasteiger partial charge in [0.1, 0.15) is 11.9 Å². The Labute approximate surface area is 100 Å². The third kappa shape index (κ3) is 2.32. The quantitative estimate of drug-likeness (QED) is 0.821. The highest BCUT2D eigenvalue weighted by Crippen LogP contribution is 2.18. The summed E-state index contributed by atoms with van der Waals surface area (Å²) in [5.41, 5.74) is 0. The van der Waals surface area contributed by atoms with Crippen LogP contribution in [0, 0.1) is 4.77 Å². The average molecular weight is 242 g/mol. The second kappa shape index (κ2) is 4.78. The Bertz CT molecular complexity index is 432. The van der Waals surface area contributed by atoms with Crippen molar-refractivity contribution in [2.45, 2.75) is 32.7 Å². The van der Waals surface area contributed by atoms with E-state index in [1.165, 1.54) is 0 Å². The lowest BCUT2D eigenvalue weighted by molar-refractivity contribution is -0.131. The second-order valence-electron chi connectivity index (χ2n) is 4.32. The zero-order valence-corrected chi connectivity index (χ0v) is 11.1. The molecule has 0 aromatic carbocycles. The van der Waals surface area contributed by atoms with Crippen LogP contribution in [-0.4, -0.2) is 39.7 Å². The van der Waals surface area contributed by atoms with Crippen molar-refractivity contribution in [1.82, 2.24) is 19.7 Å². The van der Waals surface area contributed by atoms with Crippen molar-refractivity contribution < 1.29 is 4.79 Å². The Morgan fingerprint density at radius 3 is 2.44 bits per heavy atom. The number of H-pyrrole nitrogens is 1. The molecule has 1 N–H and O–H groups in total. The molecule has 0 aliphatic heterocycles. The molecule has 0 fully saturated rings. The maximum atomic E-state index is 11.9. The molecule has 0 aliphatic rings. The number of likely N-dealkylation sites (N-methyl/N-ethyl adjacent to an activating group) is 1. The molecule has 1 atom stereocenters. The van der Waals surface area contributed by atoms with E-state index >= 15 is 0 Å². The molecule has 0 radical (unpaired) electrons. The first-order valence-corrected chi connectivity index (χ1v) is 5.65. The lowest BCUT2D eigenvalue weighted by atomic mass is 10.2. The summed E-state index contributed by atoms with van der Waals surface area (Å²) in [6, 6.07) is -0.321. The van der Waals surface area contributed by atoms with E-state index in [1.54, 1.807) is 23.6 Å². The Hall–Kier alpha value is -1.17. The molecule has 90 valence electrons. The van der Waals surface area contributed by atoms with Gasteiger partial charge in [-0.15, -0.1) is 0 Å². The molecule has 5 nitrogen and oxygen atoms in total. The van der Waals surface area contributed by atoms with Crippen molar-refractivity contribution in [3.05, 3.63) is 10.6 Å². The van der Waals surface area contributed by atoms with Gasteiger partial charge >= 0.3 is 0 Å². The lowest BCUT2D eigenvalue weighted by Crippen LogP contribution is -2.31. The first-order valence-electron chi connectivity index (χ1n) is 5.24. The fourth-order valence-electron chi connectivity index (χ4n) is 1.58. The minimum atomic E-state index is -0.321. The number of hydrogen-bond donors (Lipinski definition) is 1. The summed E-state index contributed by atoms with van der Waals surface area (Å²) in [4.78, 5) is 13.4. The largest absolute Gasteiger partial charge is 0.347 e. The maximum absolute atomic E-state index is 11.9. The molecule has 16 heavy (non-hydrogen) atoms. The average Bonchev–Trinajstić information content (AvgIpc) is 2.57. The molecule has 1 heterocycles. The first kappa shape index (κ1) is 12.9. The van der Waals surface area contributed by atoms with Crippen LogP contribution >= 0.6 is 12.2 Å². The predicted molar refractivity (Wildman–Crippen MR) is 64.9 cm³/mol. The monoisotopic (exact) mass is 242 g/mol. The van der Waals surface area contributed by atoms with Crippen LogP contribution in [0.4, 0.5) is 0 Å². The molecule has 0 aliphatic carbocycles. The van der Waals surface area contributed by atoms with Crippen LogP contribution in [0.15, 0.2) is 0 Å². The van der Waals surface area contributed by atoms with Crippen molar-refractivity contribution in [3.63, 3.8) is 0 Å². The molecule has 0 saturated heterocycles. The van der Waals surface area contributed by atoms with E-state index in [9.17, 15) is 4.79 Å². The predicted octanol–water partition coefficient (Wildman–Crippen LogP) is 1.71. The van der Waals surface area contributed by atoms with Crippen molar-refractivity contribution in [3.8, 4) is 0 Å². The highest BCUT2D eigenvalue weighted by molar-refractivity contribution is 7.71. The third-order valence-corrected chi connectivity index (χ3v) is 2.72. The van der Waals surface area contributed by atoms with Gasteiger partial charge in [0, 0.05) is 20.0 Å². The van der Waals surface area contributed by atoms with Gasteiger partial charge in [0.15, 0.2) is 4.77 Å². The van der Waals surface area contributed by atoms with Crippen LogP contribution < -0.4 is 0 Å². The van der Waals surface area contributed by atoms with Crippen molar-refractivity contribution in [2.24, 2.45) is 0 Å². The number of amides is 1. The number of aromatic amines is 1. The summed E-state index contributed by atoms with van der Waals surface area (Å²) >= 11 is 5.15.